The summed E-state index contributed by atoms with van der Waals surface area (Å²) in [5, 5.41) is 6.33. The van der Waals surface area contributed by atoms with Gasteiger partial charge in [0.1, 0.15) is 6.33 Å². The highest BCUT2D eigenvalue weighted by molar-refractivity contribution is 5.90. The van der Waals surface area contributed by atoms with E-state index in [1.54, 1.807) is 0 Å². The summed E-state index contributed by atoms with van der Waals surface area (Å²) in [7, 11) is 0. The van der Waals surface area contributed by atoms with Crippen molar-refractivity contribution in [2.45, 2.75) is 46.1 Å². The van der Waals surface area contributed by atoms with Gasteiger partial charge in [0.2, 0.25) is 5.82 Å². The summed E-state index contributed by atoms with van der Waals surface area (Å²) >= 11 is 0. The molecule has 1 unspecified atom stereocenters. The van der Waals surface area contributed by atoms with Gasteiger partial charge in [-0.1, -0.05) is 20.3 Å². The molecule has 0 aromatic carbocycles. The molecule has 0 radical (unpaired) electrons. The summed E-state index contributed by atoms with van der Waals surface area (Å²) in [6.45, 7) is 7.04. The fourth-order valence-corrected chi connectivity index (χ4v) is 1.52. The van der Waals surface area contributed by atoms with Gasteiger partial charge >= 0.3 is 0 Å². The lowest BCUT2D eigenvalue weighted by Crippen LogP contribution is -2.39. The van der Waals surface area contributed by atoms with E-state index in [1.165, 1.54) is 6.33 Å². The highest BCUT2D eigenvalue weighted by Crippen LogP contribution is 2.09. The predicted octanol–water partition coefficient (Wildman–Crippen LogP) is 1.85. The minimum Gasteiger partial charge on any atom is -0.333 e. The fourth-order valence-electron chi connectivity index (χ4n) is 1.52. The number of carbonyl (C=O) groups excluding carboxylic acids is 1. The van der Waals surface area contributed by atoms with Gasteiger partial charge in [0, 0.05) is 12.6 Å². The molecular weight excluding hydrogens is 204 g/mol. The predicted molar refractivity (Wildman–Crippen MR) is 62.1 cm³/mol. The first-order chi connectivity index (χ1) is 7.70. The van der Waals surface area contributed by atoms with Crippen LogP contribution in [-0.4, -0.2) is 38.6 Å². The van der Waals surface area contributed by atoms with Gasteiger partial charge < -0.3 is 4.90 Å². The Labute approximate surface area is 96.3 Å². The van der Waals surface area contributed by atoms with Gasteiger partial charge in [0.25, 0.3) is 5.91 Å². The number of nitrogens with zero attached hydrogens (tertiary/aromatic N) is 3. The van der Waals surface area contributed by atoms with Gasteiger partial charge in [0.05, 0.1) is 0 Å². The molecular formula is C11H20N4O. The Morgan fingerprint density at radius 3 is 2.81 bits per heavy atom. The Morgan fingerprint density at radius 2 is 2.31 bits per heavy atom. The molecule has 1 N–H and O–H groups in total. The van der Waals surface area contributed by atoms with Crippen molar-refractivity contribution in [3.63, 3.8) is 0 Å². The number of hydrogen-bond acceptors (Lipinski definition) is 3. The van der Waals surface area contributed by atoms with Crippen LogP contribution in [0.3, 0.4) is 0 Å². The van der Waals surface area contributed by atoms with Crippen LogP contribution in [0.25, 0.3) is 0 Å². The van der Waals surface area contributed by atoms with E-state index in [0.29, 0.717) is 5.82 Å². The quantitative estimate of drug-likeness (QED) is 0.802. The van der Waals surface area contributed by atoms with E-state index >= 15 is 0 Å². The first-order valence-corrected chi connectivity index (χ1v) is 5.87. The zero-order valence-corrected chi connectivity index (χ0v) is 10.2. The van der Waals surface area contributed by atoms with Crippen LogP contribution in [-0.2, 0) is 0 Å². The Bertz CT molecular complexity index is 310. The summed E-state index contributed by atoms with van der Waals surface area (Å²) in [4.78, 5) is 17.9. The summed E-state index contributed by atoms with van der Waals surface area (Å²) in [6.07, 6.45) is 4.41. The number of rotatable bonds is 6. The Balaban J connectivity index is 2.71. The van der Waals surface area contributed by atoms with E-state index in [2.05, 4.69) is 36.0 Å². The molecule has 0 fully saturated rings. The van der Waals surface area contributed by atoms with Crippen LogP contribution >= 0.6 is 0 Å². The van der Waals surface area contributed by atoms with Gasteiger partial charge in [0.15, 0.2) is 0 Å². The van der Waals surface area contributed by atoms with Crippen LogP contribution in [0.5, 0.6) is 0 Å². The smallest absolute Gasteiger partial charge is 0.291 e. The molecule has 1 amide bonds. The van der Waals surface area contributed by atoms with Crippen molar-refractivity contribution >= 4 is 5.91 Å². The third kappa shape index (κ3) is 3.05. The van der Waals surface area contributed by atoms with Crippen molar-refractivity contribution in [2.24, 2.45) is 0 Å². The van der Waals surface area contributed by atoms with E-state index < -0.39 is 0 Å². The molecule has 16 heavy (non-hydrogen) atoms. The molecule has 1 aromatic rings. The zero-order valence-electron chi connectivity index (χ0n) is 10.2. The SMILES string of the molecule is CCCCN(C(=O)c1ncn[nH]1)C(C)CC. The number of hydrogen-bond donors (Lipinski definition) is 1. The fraction of sp³-hybridized carbons (Fsp3) is 0.727. The highest BCUT2D eigenvalue weighted by Gasteiger charge is 2.21. The van der Waals surface area contributed by atoms with Crippen molar-refractivity contribution < 1.29 is 4.79 Å². The lowest BCUT2D eigenvalue weighted by molar-refractivity contribution is 0.0673. The molecule has 0 spiro atoms. The summed E-state index contributed by atoms with van der Waals surface area (Å²) in [5.41, 5.74) is 0. The summed E-state index contributed by atoms with van der Waals surface area (Å²) in [5.74, 6) is 0.275. The third-order valence-electron chi connectivity index (χ3n) is 2.75. The standard InChI is InChI=1S/C11H20N4O/c1-4-6-7-15(9(3)5-2)11(16)10-12-8-13-14-10/h8-9H,4-7H2,1-3H3,(H,12,13,14). The number of nitrogens with one attached hydrogen (secondary N) is 1. The maximum Gasteiger partial charge on any atom is 0.291 e. The zero-order chi connectivity index (χ0) is 12.0. The van der Waals surface area contributed by atoms with Crippen LogP contribution in [0, 0.1) is 0 Å². The maximum atomic E-state index is 12.1. The number of amides is 1. The molecule has 1 atom stereocenters. The second kappa shape index (κ2) is 6.25. The minimum absolute atomic E-state index is 0.0553. The molecule has 90 valence electrons. The topological polar surface area (TPSA) is 61.9 Å². The molecule has 0 aliphatic heterocycles. The van der Waals surface area contributed by atoms with Crippen molar-refractivity contribution in [1.82, 2.24) is 20.1 Å². The number of aromatic amines is 1. The average molecular weight is 224 g/mol. The molecule has 5 heteroatoms. The van der Waals surface area contributed by atoms with Crippen molar-refractivity contribution in [3.8, 4) is 0 Å². The Hall–Kier alpha value is -1.39. The van der Waals surface area contributed by atoms with Crippen LogP contribution in [0.1, 0.15) is 50.7 Å². The Kier molecular flexibility index (Phi) is 4.95. The molecule has 0 saturated heterocycles. The van der Waals surface area contributed by atoms with E-state index in [4.69, 9.17) is 0 Å². The third-order valence-corrected chi connectivity index (χ3v) is 2.75. The number of unbranched alkanes of at least 4 members (excludes halogenated alkanes) is 1. The molecule has 1 aromatic heterocycles. The lowest BCUT2D eigenvalue weighted by atomic mass is 10.2. The normalized spacial score (nSPS) is 12.4. The van der Waals surface area contributed by atoms with Crippen molar-refractivity contribution in [1.29, 1.82) is 0 Å². The molecule has 0 bridgehead atoms. The van der Waals surface area contributed by atoms with Crippen molar-refractivity contribution in [2.75, 3.05) is 6.54 Å². The van der Waals surface area contributed by atoms with E-state index in [0.717, 1.165) is 25.8 Å². The van der Waals surface area contributed by atoms with E-state index in [1.807, 2.05) is 4.90 Å². The Morgan fingerprint density at radius 1 is 1.56 bits per heavy atom. The van der Waals surface area contributed by atoms with Crippen LogP contribution in [0.15, 0.2) is 6.33 Å². The van der Waals surface area contributed by atoms with Gasteiger partial charge in [-0.3, -0.25) is 9.89 Å². The minimum atomic E-state index is -0.0553. The van der Waals surface area contributed by atoms with Gasteiger partial charge in [-0.15, -0.1) is 0 Å². The van der Waals surface area contributed by atoms with Gasteiger partial charge in [-0.25, -0.2) is 4.98 Å². The first-order valence-electron chi connectivity index (χ1n) is 5.87. The number of carbonyl (C=O) groups is 1. The monoisotopic (exact) mass is 224 g/mol. The molecule has 0 saturated carbocycles. The lowest BCUT2D eigenvalue weighted by Gasteiger charge is -2.27. The number of aromatic nitrogens is 3. The largest absolute Gasteiger partial charge is 0.333 e. The average Bonchev–Trinajstić information content (AvgIpc) is 2.82. The van der Waals surface area contributed by atoms with Crippen LogP contribution in [0.4, 0.5) is 0 Å². The first kappa shape index (κ1) is 12.7. The van der Waals surface area contributed by atoms with E-state index in [9.17, 15) is 4.79 Å². The number of H-pyrrole nitrogens is 1. The van der Waals surface area contributed by atoms with Crippen LogP contribution in [0.2, 0.25) is 0 Å². The second-order valence-corrected chi connectivity index (χ2v) is 3.94. The molecule has 5 nitrogen and oxygen atoms in total. The highest BCUT2D eigenvalue weighted by atomic mass is 16.2. The molecule has 1 rings (SSSR count). The summed E-state index contributed by atoms with van der Waals surface area (Å²) in [6, 6.07) is 0.240. The van der Waals surface area contributed by atoms with Gasteiger partial charge in [-0.2, -0.15) is 5.10 Å². The molecule has 1 heterocycles. The molecule has 0 aliphatic carbocycles. The van der Waals surface area contributed by atoms with Crippen molar-refractivity contribution in [3.05, 3.63) is 12.2 Å². The second-order valence-electron chi connectivity index (χ2n) is 3.94. The molecule has 0 aliphatic rings. The van der Waals surface area contributed by atoms with E-state index in [-0.39, 0.29) is 11.9 Å². The maximum absolute atomic E-state index is 12.1. The van der Waals surface area contributed by atoms with Crippen LogP contribution < -0.4 is 0 Å². The van der Waals surface area contributed by atoms with Gasteiger partial charge in [-0.05, 0) is 19.8 Å². The summed E-state index contributed by atoms with van der Waals surface area (Å²) < 4.78 is 0.